The highest BCUT2D eigenvalue weighted by Gasteiger charge is 2.32. The Morgan fingerprint density at radius 2 is 0.686 bits per heavy atom. The number of carbonyl (C=O) groups is 3. The Balaban J connectivity index is 0.000000251. The zero-order valence-electron chi connectivity index (χ0n) is 67.6. The quantitative estimate of drug-likeness (QED) is 0.00963. The number of hydrogen-bond donors (Lipinski definition) is 11. The predicted molar refractivity (Wildman–Crippen MR) is 445 cm³/mol. The third-order valence-electron chi connectivity index (χ3n) is 17.2. The molecule has 39 heteroatoms. The first-order chi connectivity index (χ1) is 57.1. The third kappa shape index (κ3) is 36.5. The van der Waals surface area contributed by atoms with E-state index in [4.69, 9.17) is 52.6 Å². The molecule has 0 saturated heterocycles. The summed E-state index contributed by atoms with van der Waals surface area (Å²) in [5.41, 5.74) is 10.5. The third-order valence-corrected chi connectivity index (χ3v) is 17.9. The minimum atomic E-state index is -4.57. The van der Waals surface area contributed by atoms with Crippen LogP contribution in [-0.4, -0.2) is 157 Å². The molecule has 0 atom stereocenters. The van der Waals surface area contributed by atoms with Crippen molar-refractivity contribution in [2.45, 2.75) is 106 Å². The van der Waals surface area contributed by atoms with Gasteiger partial charge in [0.25, 0.3) is 17.7 Å². The minimum absolute atomic E-state index is 0.0302. The van der Waals surface area contributed by atoms with E-state index in [1.54, 1.807) is 72.8 Å². The largest absolute Gasteiger partial charge is 0.508 e. The molecule has 6 heterocycles. The predicted octanol–water partition coefficient (Wildman–Crippen LogP) is 16.6. The number of phenolic OH excluding ortho intramolecular Hbond substituents is 1. The number of phenols is 1. The number of anilines is 9. The van der Waals surface area contributed by atoms with E-state index in [0.29, 0.717) is 110 Å². The van der Waals surface area contributed by atoms with Crippen molar-refractivity contribution in [3.8, 4) is 35.3 Å². The van der Waals surface area contributed by atoms with Crippen molar-refractivity contribution in [1.82, 2.24) is 60.8 Å². The van der Waals surface area contributed by atoms with Crippen LogP contribution in [0.2, 0.25) is 0 Å². The number of amides is 3. The highest BCUT2D eigenvalue weighted by atomic mass is 35.5. The van der Waals surface area contributed by atoms with E-state index in [2.05, 4.69) is 147 Å². The van der Waals surface area contributed by atoms with Crippen LogP contribution in [0.1, 0.15) is 116 Å². The Morgan fingerprint density at radius 3 is 0.942 bits per heavy atom. The molecule has 9 rings (SSSR count). The van der Waals surface area contributed by atoms with Crippen molar-refractivity contribution in [2.75, 3.05) is 103 Å². The molecular formula is C82H96Cl2F9N19O9. The Morgan fingerprint density at radius 1 is 0.405 bits per heavy atom. The molecule has 650 valence electrons. The molecule has 0 saturated carbocycles. The second kappa shape index (κ2) is 45.2. The Bertz CT molecular complexity index is 4610. The van der Waals surface area contributed by atoms with Gasteiger partial charge < -0.3 is 82.4 Å². The molecule has 6 aromatic heterocycles. The van der Waals surface area contributed by atoms with Crippen molar-refractivity contribution in [1.29, 1.82) is 0 Å². The minimum Gasteiger partial charge on any atom is -0.508 e. The summed E-state index contributed by atoms with van der Waals surface area (Å²) in [6.45, 7) is 22.4. The van der Waals surface area contributed by atoms with E-state index in [9.17, 15) is 59.0 Å². The zero-order valence-corrected chi connectivity index (χ0v) is 69.1. The number of halogens is 11. The van der Waals surface area contributed by atoms with Gasteiger partial charge in [0.2, 0.25) is 0 Å². The van der Waals surface area contributed by atoms with Crippen LogP contribution in [0.25, 0.3) is 0 Å². The number of carbonyl (C=O) groups excluding carboxylic acids is 3. The summed E-state index contributed by atoms with van der Waals surface area (Å²) in [7, 11) is 0. The van der Waals surface area contributed by atoms with Crippen LogP contribution in [0.15, 0.2) is 170 Å². The maximum atomic E-state index is 12.8. The van der Waals surface area contributed by atoms with Gasteiger partial charge in [-0.1, -0.05) is 105 Å². The van der Waals surface area contributed by atoms with Gasteiger partial charge >= 0.3 is 36.6 Å². The van der Waals surface area contributed by atoms with Crippen molar-refractivity contribution in [2.24, 2.45) is 22.0 Å². The molecule has 12 N–H and O–H groups in total. The number of rotatable bonds is 41. The molecule has 0 spiro atoms. The van der Waals surface area contributed by atoms with Gasteiger partial charge in [0.1, 0.15) is 82.8 Å². The number of aromatic hydroxyl groups is 1. The van der Waals surface area contributed by atoms with Crippen molar-refractivity contribution in [3.05, 3.63) is 204 Å². The maximum Gasteiger partial charge on any atom is 0.422 e. The van der Waals surface area contributed by atoms with Crippen LogP contribution in [0.5, 0.6) is 35.3 Å². The normalized spacial score (nSPS) is 11.5. The average molecular weight is 1730 g/mol. The number of nitrogens with one attached hydrogen (secondary N) is 9. The molecule has 0 radical (unpaired) electrons. The van der Waals surface area contributed by atoms with E-state index in [-0.39, 0.29) is 81.2 Å². The topological polar surface area (TPSA) is 368 Å². The summed E-state index contributed by atoms with van der Waals surface area (Å²) in [5.74, 6) is 3.15. The van der Waals surface area contributed by atoms with Gasteiger partial charge in [0.15, 0.2) is 19.8 Å². The van der Waals surface area contributed by atoms with Crippen LogP contribution in [0, 0.1) is 16.2 Å². The lowest BCUT2D eigenvalue weighted by Gasteiger charge is -2.22. The first-order valence-electron chi connectivity index (χ1n) is 37.5. The summed E-state index contributed by atoms with van der Waals surface area (Å²) < 4.78 is 140. The molecule has 3 amide bonds. The van der Waals surface area contributed by atoms with E-state index >= 15 is 0 Å². The number of hydrogen-bond acceptors (Lipinski definition) is 25. The van der Waals surface area contributed by atoms with E-state index in [1.807, 2.05) is 38.1 Å². The monoisotopic (exact) mass is 1730 g/mol. The lowest BCUT2D eigenvalue weighted by Crippen LogP contribution is -2.38. The van der Waals surface area contributed by atoms with E-state index in [0.717, 1.165) is 40.7 Å². The Hall–Kier alpha value is -12.3. The Labute approximate surface area is 703 Å². The van der Waals surface area contributed by atoms with Crippen molar-refractivity contribution in [3.63, 3.8) is 0 Å². The summed E-state index contributed by atoms with van der Waals surface area (Å²) in [6, 6.07) is 33.3. The van der Waals surface area contributed by atoms with Gasteiger partial charge in [0.05, 0.1) is 16.7 Å². The fourth-order valence-electron chi connectivity index (χ4n) is 9.21. The molecule has 121 heavy (non-hydrogen) atoms. The van der Waals surface area contributed by atoms with Crippen LogP contribution in [-0.2, 0) is 19.6 Å². The van der Waals surface area contributed by atoms with Crippen LogP contribution >= 0.6 is 23.2 Å². The Kier molecular flexibility index (Phi) is 35.8. The molecule has 28 nitrogen and oxygen atoms in total. The molecule has 9 aromatic rings. The van der Waals surface area contributed by atoms with Crippen molar-refractivity contribution < 1.29 is 82.7 Å². The molecule has 0 bridgehead atoms. The summed E-state index contributed by atoms with van der Waals surface area (Å²) >= 11 is 11.4. The molecule has 0 fully saturated rings. The van der Waals surface area contributed by atoms with Gasteiger partial charge in [-0.25, -0.2) is 15.0 Å². The van der Waals surface area contributed by atoms with Gasteiger partial charge in [0, 0.05) is 87.8 Å². The van der Waals surface area contributed by atoms with E-state index < -0.39 is 56.4 Å². The summed E-state index contributed by atoms with van der Waals surface area (Å²) in [6.07, 6.45) is -7.72. The number of pyridine rings is 3. The second-order valence-electron chi connectivity index (χ2n) is 29.5. The molecule has 3 aromatic carbocycles. The standard InChI is InChI=1S/C29H34ClF3N6O3.C28H33ClF3N7O3.C25H29F3N6O3/c1-5-28(3,4)17-36-26(40)21-8-11-23(35-15-21)37-25-12-24(38-27(39-25)42-18-29(31,32)33)34-14-20-6-9-22(10-7-20)41-16-19(2)13-30;1-18(11-29)14-41-21-7-4-19(5-8-21)12-34-23-10-24(39-26(38-23)42-17-28(30,31)32)37-22-9-6-20(13-35-22)25(40)36-16-27(2,3)15-33;1-4-24(2,3)14-31-22(36)17-7-10-19(30-13-17)32-21-11-20(29-12-16-5-8-18(35)9-6-16)33-23(34-21)37-15-25(26,27)28/h6-12,15H,2,5,13-14,16-18H2,1,3-4H3,(H,36,40)(H2,34,35,37,38,39);4-10,13H,1,11-12,14-17,33H2,2-3H3,(H,36,40)(H2,34,35,37,38,39);5-11,13,35H,4,12,14-15H2,1-3H3,(H,31,36)(H2,29,30,32,33,34). The number of ether oxygens (including phenoxy) is 5. The fourth-order valence-corrected chi connectivity index (χ4v) is 9.36. The lowest BCUT2D eigenvalue weighted by atomic mass is 9.90. The van der Waals surface area contributed by atoms with Crippen LogP contribution in [0.4, 0.5) is 91.9 Å². The smallest absolute Gasteiger partial charge is 0.422 e. The summed E-state index contributed by atoms with van der Waals surface area (Å²) in [4.78, 5) is 74.1. The van der Waals surface area contributed by atoms with Gasteiger partial charge in [-0.05, 0) is 136 Å². The number of aromatic nitrogens is 9. The highest BCUT2D eigenvalue weighted by Crippen LogP contribution is 2.29. The molecule has 0 aliphatic heterocycles. The van der Waals surface area contributed by atoms with Gasteiger partial charge in [-0.2, -0.15) is 69.4 Å². The summed E-state index contributed by atoms with van der Waals surface area (Å²) in [5, 5.41) is 35.8. The number of nitrogens with zero attached hydrogens (tertiary/aromatic N) is 9. The SMILES string of the molecule is C=C(CCl)COc1ccc(CNc2cc(Nc3ccc(C(=O)NCC(C)(C)CC)cn3)nc(OCC(F)(F)F)n2)cc1.C=C(CCl)COc1ccc(CNc2cc(Nc3ccc(C(=O)NCC(C)(C)CN)cn3)nc(OCC(F)(F)F)n2)cc1.CCC(C)(C)CNC(=O)c1ccc(Nc2cc(NCc3ccc(O)cc3)nc(OCC(F)(F)F)n2)nc1. The second-order valence-corrected chi connectivity index (χ2v) is 30.0. The molecular weight excluding hydrogens is 1640 g/mol. The van der Waals surface area contributed by atoms with Crippen LogP contribution in [0.3, 0.4) is 0 Å². The number of benzene rings is 3. The van der Waals surface area contributed by atoms with Crippen LogP contribution < -0.4 is 77.3 Å². The average Bonchev–Trinajstić information content (AvgIpc) is 0.844. The van der Waals surface area contributed by atoms with Gasteiger partial charge in [-0.3, -0.25) is 14.4 Å². The molecule has 0 aliphatic carbocycles. The lowest BCUT2D eigenvalue weighted by molar-refractivity contribution is -0.155. The van der Waals surface area contributed by atoms with Crippen molar-refractivity contribution >= 4 is 93.3 Å². The highest BCUT2D eigenvalue weighted by molar-refractivity contribution is 6.19. The number of alkyl halides is 11. The van der Waals surface area contributed by atoms with E-state index in [1.165, 1.54) is 48.9 Å². The zero-order chi connectivity index (χ0) is 88.6. The first-order valence-corrected chi connectivity index (χ1v) is 38.6. The van der Waals surface area contributed by atoms with Gasteiger partial charge in [-0.15, -0.1) is 23.2 Å². The number of nitrogens with two attached hydrogens (primary N) is 1. The first kappa shape index (κ1) is 95.9. The maximum absolute atomic E-state index is 12.8. The molecule has 0 aliphatic rings. The fraction of sp³-hybridized carbons (Fsp3) is 0.366. The molecule has 0 unspecified atom stereocenters.